The molecule has 12 N–H and O–H groups in total. The maximum Gasteiger partial charge on any atom is 0.437 e. The number of hydrogen-bond donors (Lipinski definition) is 10. The maximum atomic E-state index is 13.8. The predicted octanol–water partition coefficient (Wildman–Crippen LogP) is 4.65. The van der Waals surface area contributed by atoms with Crippen LogP contribution in [0.1, 0.15) is 111 Å². The monoisotopic (exact) mass is 1220 g/mol. The molecule has 0 heterocycles. The summed E-state index contributed by atoms with van der Waals surface area (Å²) in [6.07, 6.45) is -4.75. The summed E-state index contributed by atoms with van der Waals surface area (Å²) in [5.74, 6) is -8.41. The third-order valence-electron chi connectivity index (χ3n) is 11.4. The number of nitrogens with zero attached hydrogens (tertiary/aromatic N) is 4. The zero-order valence-electron chi connectivity index (χ0n) is 47.1. The number of nitrogens with two attached hydrogens (primary N) is 2. The van der Waals surface area contributed by atoms with E-state index in [1.807, 2.05) is 0 Å². The predicted molar refractivity (Wildman–Crippen MR) is 308 cm³/mol. The molecule has 4 aromatic carbocycles. The van der Waals surface area contributed by atoms with E-state index >= 15 is 0 Å². The molecule has 0 aliphatic heterocycles. The largest absolute Gasteiger partial charge is 0.481 e. The van der Waals surface area contributed by atoms with Gasteiger partial charge in [0.05, 0.1) is 18.4 Å². The summed E-state index contributed by atoms with van der Waals surface area (Å²) in [6, 6.07) is 19.3. The Bertz CT molecular complexity index is 3110. The van der Waals surface area contributed by atoms with Crippen molar-refractivity contribution in [2.45, 2.75) is 116 Å². The van der Waals surface area contributed by atoms with E-state index in [1.54, 1.807) is 65.8 Å². The number of ketones is 1. The molecule has 0 unspecified atom stereocenters. The standard InChI is InChI=1S/C54H68N10O19S2/c1-53(2,3)82-51(75)61-49(55)59-38-20-16-36(17-21-38)43(65)28-33-10-12-34(13-11-33)31-57-84(77,78)63(41(46(70)71)29-44(66)67)26-8-7-9-27-64(42(47(72)73)30-45(68)69)85(79,80)58-32-35-14-24-40(25-15-35)81-48(74)37-18-22-39(23-19-37)60-50(56)62-52(76)83-54(4,5)6/h10-25,41-42,57-58H,7-9,26-32H2,1-6H3,(H,66,67)(H,68,69)(H,70,71)(H,72,73)(H3,55,59,61,75)(H3,56,60,62,76)/t41-,42-/m0/s1. The first-order chi connectivity index (χ1) is 39.6. The number of nitrogens with one attached hydrogen (secondary N) is 4. The van der Waals surface area contributed by atoms with E-state index in [4.69, 9.17) is 25.7 Å². The van der Waals surface area contributed by atoms with E-state index in [2.05, 4.69) is 30.1 Å². The molecule has 0 radical (unpaired) electrons. The fraction of sp³-hybridized carbons (Fsp3) is 0.370. The Balaban J connectivity index is 1.36. The first-order valence-electron chi connectivity index (χ1n) is 25.8. The van der Waals surface area contributed by atoms with Gasteiger partial charge in [-0.25, -0.2) is 14.4 Å². The molecule has 0 bridgehead atoms. The number of amides is 2. The van der Waals surface area contributed by atoms with Crippen molar-refractivity contribution in [2.24, 2.45) is 21.5 Å². The summed E-state index contributed by atoms with van der Waals surface area (Å²) in [6.45, 7) is 7.86. The summed E-state index contributed by atoms with van der Waals surface area (Å²) in [7, 11) is -9.61. The third-order valence-corrected chi connectivity index (χ3v) is 14.5. The van der Waals surface area contributed by atoms with Crippen molar-refractivity contribution >= 4 is 91.5 Å². The zero-order valence-corrected chi connectivity index (χ0v) is 48.8. The molecule has 4 aromatic rings. The Morgan fingerprint density at radius 3 is 1.26 bits per heavy atom. The fourth-order valence-electron chi connectivity index (χ4n) is 7.52. The number of carboxylic acid groups (broad SMARTS) is 4. The number of aliphatic imine (C=N–C) groups is 2. The van der Waals surface area contributed by atoms with Gasteiger partial charge in [-0.2, -0.15) is 34.9 Å². The lowest BCUT2D eigenvalue weighted by Gasteiger charge is -2.28. The molecule has 29 nitrogen and oxygen atoms in total. The zero-order chi connectivity index (χ0) is 63.5. The quantitative estimate of drug-likeness (QED) is 0.00883. The summed E-state index contributed by atoms with van der Waals surface area (Å²) >= 11 is 0. The Kier molecular flexibility index (Phi) is 24.7. The highest BCUT2D eigenvalue weighted by molar-refractivity contribution is 7.87. The van der Waals surface area contributed by atoms with Gasteiger partial charge in [0.25, 0.3) is 20.4 Å². The molecular weight excluding hydrogens is 1160 g/mol. The number of Topliss-reactive ketones (excluding diaryl/α,β-unsaturated/α-hetero) is 1. The summed E-state index contributed by atoms with van der Waals surface area (Å²) in [5.41, 5.74) is 12.4. The van der Waals surface area contributed by atoms with Crippen LogP contribution in [0.2, 0.25) is 0 Å². The number of ether oxygens (including phenoxy) is 3. The van der Waals surface area contributed by atoms with E-state index < -0.39 is 125 Å². The molecule has 460 valence electrons. The fourth-order valence-corrected chi connectivity index (χ4v) is 10.3. The number of anilines is 2. The summed E-state index contributed by atoms with van der Waals surface area (Å²) in [4.78, 5) is 105. The average Bonchev–Trinajstić information content (AvgIpc) is 3.54. The van der Waals surface area contributed by atoms with Gasteiger partial charge in [-0.05, 0) is 132 Å². The normalized spacial score (nSPS) is 13.1. The molecule has 31 heteroatoms. The highest BCUT2D eigenvalue weighted by Gasteiger charge is 2.38. The van der Waals surface area contributed by atoms with E-state index in [1.165, 1.54) is 72.8 Å². The van der Waals surface area contributed by atoms with Crippen LogP contribution in [-0.4, -0.2) is 142 Å². The number of unbranched alkanes of at least 4 members (excludes halogenated alkanes) is 2. The minimum absolute atomic E-state index is 0.0490. The number of hydrogen-bond acceptors (Lipinski definition) is 15. The van der Waals surface area contributed by atoms with Crippen LogP contribution in [0.3, 0.4) is 0 Å². The second-order valence-electron chi connectivity index (χ2n) is 20.6. The number of carbonyl (C=O) groups excluding carboxylic acids is 4. The molecule has 0 saturated carbocycles. The van der Waals surface area contributed by atoms with Crippen LogP contribution in [0.4, 0.5) is 21.0 Å². The number of rotatable bonds is 29. The van der Waals surface area contributed by atoms with Gasteiger partial charge in [-0.15, -0.1) is 9.98 Å². The van der Waals surface area contributed by atoms with Gasteiger partial charge in [-0.1, -0.05) is 42.8 Å². The first-order valence-corrected chi connectivity index (χ1v) is 28.7. The van der Waals surface area contributed by atoms with Crippen molar-refractivity contribution in [1.29, 1.82) is 0 Å². The number of guanidine groups is 2. The van der Waals surface area contributed by atoms with Crippen LogP contribution < -0.4 is 36.3 Å². The Labute approximate surface area is 489 Å². The van der Waals surface area contributed by atoms with Crippen molar-refractivity contribution in [2.75, 3.05) is 23.7 Å². The summed E-state index contributed by atoms with van der Waals surface area (Å²) in [5, 5.41) is 44.5. The van der Waals surface area contributed by atoms with Gasteiger partial charge >= 0.3 is 42.0 Å². The minimum atomic E-state index is -4.82. The maximum absolute atomic E-state index is 13.8. The molecule has 85 heavy (non-hydrogen) atoms. The van der Waals surface area contributed by atoms with Crippen LogP contribution in [0.15, 0.2) is 107 Å². The minimum Gasteiger partial charge on any atom is -0.481 e. The highest BCUT2D eigenvalue weighted by atomic mass is 32.2. The number of benzene rings is 4. The van der Waals surface area contributed by atoms with Crippen LogP contribution in [0.5, 0.6) is 5.75 Å². The molecule has 4 rings (SSSR count). The third kappa shape index (κ3) is 24.1. The van der Waals surface area contributed by atoms with Gasteiger partial charge in [0.15, 0.2) is 5.78 Å². The van der Waals surface area contributed by atoms with Crippen molar-refractivity contribution in [3.05, 3.63) is 125 Å². The van der Waals surface area contributed by atoms with E-state index in [0.29, 0.717) is 36.7 Å². The van der Waals surface area contributed by atoms with E-state index in [-0.39, 0.29) is 60.3 Å². The van der Waals surface area contributed by atoms with Crippen molar-refractivity contribution < 1.29 is 89.8 Å². The average molecular weight is 1230 g/mol. The van der Waals surface area contributed by atoms with E-state index in [0.717, 1.165) is 0 Å². The van der Waals surface area contributed by atoms with Gasteiger partial charge in [0.2, 0.25) is 11.9 Å². The number of carboxylic acids is 4. The molecular formula is C54H68N10O19S2. The molecule has 0 aliphatic carbocycles. The number of carbonyl (C=O) groups is 8. The van der Waals surface area contributed by atoms with Gasteiger partial charge < -0.3 is 56.7 Å². The molecule has 0 spiro atoms. The Hall–Kier alpha value is -8.88. The van der Waals surface area contributed by atoms with Crippen molar-refractivity contribution in [3.8, 4) is 5.75 Å². The van der Waals surface area contributed by atoms with E-state index in [9.17, 15) is 75.6 Å². The van der Waals surface area contributed by atoms with Crippen LogP contribution in [-0.2, 0) is 68.6 Å². The lowest BCUT2D eigenvalue weighted by Crippen LogP contribution is -2.51. The molecule has 2 atom stereocenters. The number of aliphatic carboxylic acids is 4. The molecule has 2 amide bonds. The molecule has 0 aliphatic rings. The molecule has 0 fully saturated rings. The van der Waals surface area contributed by atoms with Gasteiger partial charge in [-0.3, -0.25) is 24.0 Å². The Morgan fingerprint density at radius 1 is 0.529 bits per heavy atom. The second kappa shape index (κ2) is 30.6. The summed E-state index contributed by atoms with van der Waals surface area (Å²) < 4.78 is 76.0. The van der Waals surface area contributed by atoms with Crippen LogP contribution in [0.25, 0.3) is 0 Å². The topological polar surface area (TPSA) is 445 Å². The van der Waals surface area contributed by atoms with Crippen LogP contribution >= 0.6 is 0 Å². The van der Waals surface area contributed by atoms with Crippen molar-refractivity contribution in [1.82, 2.24) is 18.1 Å². The molecule has 0 saturated heterocycles. The highest BCUT2D eigenvalue weighted by Crippen LogP contribution is 2.21. The van der Waals surface area contributed by atoms with Gasteiger partial charge in [0.1, 0.15) is 29.0 Å². The Morgan fingerprint density at radius 2 is 0.894 bits per heavy atom. The second-order valence-corrected chi connectivity index (χ2v) is 24.1. The number of esters is 1. The van der Waals surface area contributed by atoms with Crippen LogP contribution in [0, 0.1) is 0 Å². The first kappa shape index (κ1) is 68.6. The lowest BCUT2D eigenvalue weighted by atomic mass is 10.0. The molecule has 0 aromatic heterocycles. The lowest BCUT2D eigenvalue weighted by molar-refractivity contribution is -0.148. The SMILES string of the molecule is CC(C)(C)OC(=O)/N=C(\N)Nc1ccc(C(=O)Cc2ccc(CNS(=O)(=O)N(CCCCCN([C@@H](CC(=O)O)C(=O)O)S(=O)(=O)NCc3ccc(OC(=O)c4ccc(N/C(N)=N/C(=O)OC(C)(C)C)cc4)cc3)[C@@H](CC(=O)O)C(=O)O)cc2)cc1. The van der Waals surface area contributed by atoms with Gasteiger partial charge in [0, 0.05) is 49.5 Å². The van der Waals surface area contributed by atoms with Crippen molar-refractivity contribution in [3.63, 3.8) is 0 Å². The smallest absolute Gasteiger partial charge is 0.437 e.